The number of rotatable bonds is 8. The lowest BCUT2D eigenvalue weighted by Crippen LogP contribution is -2.58. The second-order valence-electron chi connectivity index (χ2n) is 17.4. The number of ether oxygens (including phenoxy) is 3. The Morgan fingerprint density at radius 3 is 2.61 bits per heavy atom. The van der Waals surface area contributed by atoms with Gasteiger partial charge in [0.15, 0.2) is 0 Å². The van der Waals surface area contributed by atoms with Gasteiger partial charge in [-0.3, -0.25) is 19.1 Å². The van der Waals surface area contributed by atoms with Crippen molar-refractivity contribution in [2.75, 3.05) is 13.7 Å². The predicted molar refractivity (Wildman–Crippen MR) is 211 cm³/mol. The number of benzene rings is 1. The Labute approximate surface area is 334 Å². The molecule has 3 aliphatic heterocycles. The third-order valence-electron chi connectivity index (χ3n) is 13.3. The zero-order valence-corrected chi connectivity index (χ0v) is 34.2. The zero-order chi connectivity index (χ0) is 40.3. The summed E-state index contributed by atoms with van der Waals surface area (Å²) >= 11 is 0. The molecular weight excluding hydrogens is 751 g/mol. The van der Waals surface area contributed by atoms with Crippen LogP contribution in [0.2, 0.25) is 0 Å². The summed E-state index contributed by atoms with van der Waals surface area (Å²) in [5.74, 6) is -0.571. The van der Waals surface area contributed by atoms with Gasteiger partial charge >= 0.3 is 6.09 Å². The number of methoxy groups -OCH3 is 1. The van der Waals surface area contributed by atoms with Gasteiger partial charge in [-0.2, -0.15) is 0 Å². The Hall–Kier alpha value is -4.40. The number of alkyl carbamates (subject to hydrolysis) is 1. The fourth-order valence-corrected chi connectivity index (χ4v) is 10.3. The average molecular weight is 806 g/mol. The summed E-state index contributed by atoms with van der Waals surface area (Å²) in [4.78, 5) is 63.3. The highest BCUT2D eigenvalue weighted by molar-refractivity contribution is 7.91. The van der Waals surface area contributed by atoms with E-state index in [-0.39, 0.29) is 25.5 Å². The largest absolute Gasteiger partial charge is 0.497 e. The van der Waals surface area contributed by atoms with Gasteiger partial charge in [-0.05, 0) is 109 Å². The number of aryl methyl sites for hydroxylation is 2. The second kappa shape index (κ2) is 14.8. The zero-order valence-electron chi connectivity index (χ0n) is 33.4. The monoisotopic (exact) mass is 805 g/mol. The molecule has 0 radical (unpaired) electrons. The van der Waals surface area contributed by atoms with Crippen LogP contribution in [0, 0.1) is 11.8 Å². The molecular formula is C42H55N5O9S. The summed E-state index contributed by atoms with van der Waals surface area (Å²) in [6.07, 6.45) is 11.1. The van der Waals surface area contributed by atoms with Crippen LogP contribution >= 0.6 is 0 Å². The van der Waals surface area contributed by atoms with E-state index in [0.717, 1.165) is 47.8 Å². The van der Waals surface area contributed by atoms with Crippen LogP contribution in [0.3, 0.4) is 0 Å². The number of amides is 4. The van der Waals surface area contributed by atoms with E-state index in [2.05, 4.69) is 15.4 Å². The van der Waals surface area contributed by atoms with Crippen LogP contribution in [-0.4, -0.2) is 89.8 Å². The topological polar surface area (TPSA) is 182 Å². The molecule has 6 atom stereocenters. The molecule has 14 nitrogen and oxygen atoms in total. The first-order valence-electron chi connectivity index (χ1n) is 20.7. The van der Waals surface area contributed by atoms with Crippen LogP contribution in [0.4, 0.5) is 4.79 Å². The maximum atomic E-state index is 14.9. The number of nitrogens with one attached hydrogen (secondary N) is 3. The molecule has 308 valence electrons. The highest BCUT2D eigenvalue weighted by Gasteiger charge is 2.64. The highest BCUT2D eigenvalue weighted by atomic mass is 32.2. The molecule has 1 spiro atoms. The molecule has 1 aromatic heterocycles. The Kier molecular flexibility index (Phi) is 10.2. The molecule has 2 aromatic rings. The van der Waals surface area contributed by atoms with Crippen LogP contribution in [0.5, 0.6) is 11.5 Å². The van der Waals surface area contributed by atoms with Crippen molar-refractivity contribution in [2.24, 2.45) is 11.8 Å². The number of aromatic nitrogens is 1. The number of hydrogen-bond acceptors (Lipinski definition) is 10. The number of pyridine rings is 1. The van der Waals surface area contributed by atoms with Crippen LogP contribution < -0.4 is 24.8 Å². The van der Waals surface area contributed by atoms with Crippen molar-refractivity contribution in [3.8, 4) is 11.5 Å². The summed E-state index contributed by atoms with van der Waals surface area (Å²) in [5, 5.41) is 6.74. The molecule has 1 aromatic carbocycles. The second-order valence-corrected chi connectivity index (χ2v) is 19.6. The summed E-state index contributed by atoms with van der Waals surface area (Å²) < 4.78 is 46.0. The highest BCUT2D eigenvalue weighted by Crippen LogP contribution is 2.49. The molecule has 4 amide bonds. The van der Waals surface area contributed by atoms with Gasteiger partial charge in [-0.15, -0.1) is 0 Å². The van der Waals surface area contributed by atoms with Crippen LogP contribution in [0.25, 0.3) is 10.9 Å². The van der Waals surface area contributed by atoms with Crippen molar-refractivity contribution in [2.45, 2.75) is 145 Å². The fourth-order valence-electron chi connectivity index (χ4n) is 8.95. The minimum Gasteiger partial charge on any atom is -0.497 e. The molecule has 6 aliphatic rings. The van der Waals surface area contributed by atoms with Crippen molar-refractivity contribution in [3.05, 3.63) is 41.6 Å². The lowest BCUT2D eigenvalue weighted by atomic mass is 9.87. The van der Waals surface area contributed by atoms with Gasteiger partial charge in [-0.25, -0.2) is 18.2 Å². The van der Waals surface area contributed by atoms with Gasteiger partial charge in [0.1, 0.15) is 40.8 Å². The summed E-state index contributed by atoms with van der Waals surface area (Å²) in [5.41, 5.74) is 0.0898. The fraction of sp³-hybridized carbons (Fsp3) is 0.643. The van der Waals surface area contributed by atoms with Gasteiger partial charge in [0.05, 0.1) is 29.6 Å². The number of allylic oxidation sites excluding steroid dienone is 1. The van der Waals surface area contributed by atoms with E-state index in [1.807, 2.05) is 44.2 Å². The Morgan fingerprint density at radius 2 is 1.89 bits per heavy atom. The first-order chi connectivity index (χ1) is 27.2. The van der Waals surface area contributed by atoms with Gasteiger partial charge in [0.25, 0.3) is 5.91 Å². The minimum atomic E-state index is -3.99. The van der Waals surface area contributed by atoms with E-state index >= 15 is 0 Å². The van der Waals surface area contributed by atoms with Gasteiger partial charge in [0, 0.05) is 23.3 Å². The van der Waals surface area contributed by atoms with Gasteiger partial charge in [-0.1, -0.05) is 31.9 Å². The Morgan fingerprint density at radius 1 is 1.11 bits per heavy atom. The molecule has 1 saturated heterocycles. The molecule has 0 bridgehead atoms. The number of hydrogen-bond donors (Lipinski definition) is 3. The van der Waals surface area contributed by atoms with E-state index < -0.39 is 67.7 Å². The molecule has 6 unspecified atom stereocenters. The molecule has 57 heavy (non-hydrogen) atoms. The third kappa shape index (κ3) is 7.56. The number of carbonyl (C=O) groups excluding carboxylic acids is 4. The number of sulfonamides is 1. The number of nitrogens with zero attached hydrogens (tertiary/aromatic N) is 2. The Balaban J connectivity index is 1.13. The SMILES string of the molecule is CCc1nc2ccc(OC)cc2c2c1OC1(CC2)CC2C(=O)NC3(C(=O)NS(=O)(=O)C4(C)CC4)CC3C=CCCCCCC(NC(=O)OC(C)C3CC3)C(=O)N2C1. The average Bonchev–Trinajstić information content (AvgIpc) is 4.11. The number of carbonyl (C=O) groups is 4. The van der Waals surface area contributed by atoms with E-state index in [0.29, 0.717) is 68.8 Å². The van der Waals surface area contributed by atoms with E-state index in [4.69, 9.17) is 19.2 Å². The quantitative estimate of drug-likeness (QED) is 0.315. The van der Waals surface area contributed by atoms with Crippen molar-refractivity contribution >= 4 is 44.7 Å². The van der Waals surface area contributed by atoms with E-state index in [1.54, 1.807) is 14.0 Å². The van der Waals surface area contributed by atoms with Crippen LogP contribution in [-0.2, 0) is 42.0 Å². The van der Waals surface area contributed by atoms with Crippen LogP contribution in [0.1, 0.15) is 109 Å². The van der Waals surface area contributed by atoms with Crippen molar-refractivity contribution < 1.29 is 41.8 Å². The van der Waals surface area contributed by atoms with Gasteiger partial charge in [0.2, 0.25) is 21.8 Å². The van der Waals surface area contributed by atoms with Crippen molar-refractivity contribution in [1.29, 1.82) is 0 Å². The lowest BCUT2D eigenvalue weighted by molar-refractivity contribution is -0.141. The molecule has 3 aliphatic carbocycles. The smallest absolute Gasteiger partial charge is 0.408 e. The molecule has 8 rings (SSSR count). The number of fused-ring (bicyclic) bond motifs is 5. The summed E-state index contributed by atoms with van der Waals surface area (Å²) in [6, 6.07) is 3.71. The third-order valence-corrected chi connectivity index (χ3v) is 15.4. The van der Waals surface area contributed by atoms with Gasteiger partial charge < -0.3 is 29.7 Å². The van der Waals surface area contributed by atoms with Crippen LogP contribution in [0.15, 0.2) is 30.4 Å². The molecule has 3 N–H and O–H groups in total. The maximum absolute atomic E-state index is 14.9. The van der Waals surface area contributed by atoms with Crippen molar-refractivity contribution in [3.63, 3.8) is 0 Å². The lowest BCUT2D eigenvalue weighted by Gasteiger charge is -2.37. The molecule has 15 heteroatoms. The normalized spacial score (nSPS) is 30.0. The molecule has 4 heterocycles. The van der Waals surface area contributed by atoms with E-state index in [1.165, 1.54) is 4.90 Å². The standard InChI is InChI=1S/C42H55N5O9S/c1-5-31-35-29(30-21-28(54-4)15-16-32(30)43-31)17-18-41(56-35)23-34-36(48)45-42(38(50)46-57(52,53)40(3)19-20-40)22-27(42)11-9-7-6-8-10-12-33(37(49)47(34)24-41)44-39(51)55-25(2)26-13-14-26/h9,11,15-16,21,25-27,33-34H,5-8,10,12-14,17-20,22-24H2,1-4H3,(H,44,51)(H,45,48)(H,46,50). The first-order valence-corrected chi connectivity index (χ1v) is 22.2. The van der Waals surface area contributed by atoms with E-state index in [9.17, 15) is 27.6 Å². The summed E-state index contributed by atoms with van der Waals surface area (Å²) in [7, 11) is -2.37. The summed E-state index contributed by atoms with van der Waals surface area (Å²) in [6.45, 7) is 5.53. The maximum Gasteiger partial charge on any atom is 0.408 e. The minimum absolute atomic E-state index is 0.0592. The molecule has 4 fully saturated rings. The predicted octanol–water partition coefficient (Wildman–Crippen LogP) is 4.76. The van der Waals surface area contributed by atoms with Crippen molar-refractivity contribution in [1.82, 2.24) is 25.2 Å². The Bertz CT molecular complexity index is 2120. The first kappa shape index (κ1) is 39.4. The molecule has 3 saturated carbocycles.